The Labute approximate surface area is 179 Å². The minimum Gasteiger partial charge on any atom is -0.490 e. The molecule has 2 fully saturated rings. The van der Waals surface area contributed by atoms with Gasteiger partial charge in [0.1, 0.15) is 11.6 Å². The van der Waals surface area contributed by atoms with Gasteiger partial charge in [-0.3, -0.25) is 0 Å². The van der Waals surface area contributed by atoms with Crippen LogP contribution in [0, 0.1) is 0 Å². The number of ether oxygens (including phenoxy) is 1. The Morgan fingerprint density at radius 1 is 0.967 bits per heavy atom. The SMILES string of the molecule is O=C(NCc1cccc(OC2CCCCC2)c1)NCc1ccnc(N2CCCC2)c1. The van der Waals surface area contributed by atoms with Crippen LogP contribution in [0.3, 0.4) is 0 Å². The van der Waals surface area contributed by atoms with Crippen LogP contribution in [0.5, 0.6) is 5.75 Å². The van der Waals surface area contributed by atoms with E-state index in [0.717, 1.165) is 48.6 Å². The molecule has 1 aliphatic carbocycles. The van der Waals surface area contributed by atoms with E-state index < -0.39 is 0 Å². The van der Waals surface area contributed by atoms with E-state index in [2.05, 4.69) is 26.6 Å². The van der Waals surface area contributed by atoms with Crippen molar-refractivity contribution in [2.75, 3.05) is 18.0 Å². The van der Waals surface area contributed by atoms with Gasteiger partial charge in [0, 0.05) is 32.4 Å². The monoisotopic (exact) mass is 408 g/mol. The third-order valence-corrected chi connectivity index (χ3v) is 5.90. The third-order valence-electron chi connectivity index (χ3n) is 5.90. The van der Waals surface area contributed by atoms with E-state index in [1.165, 1.54) is 32.1 Å². The van der Waals surface area contributed by atoms with Gasteiger partial charge >= 0.3 is 6.03 Å². The molecule has 4 rings (SSSR count). The number of anilines is 1. The molecule has 0 atom stereocenters. The molecule has 2 aromatic rings. The van der Waals surface area contributed by atoms with Crippen LogP contribution < -0.4 is 20.3 Å². The molecule has 6 heteroatoms. The molecule has 1 saturated carbocycles. The number of nitrogens with zero attached hydrogens (tertiary/aromatic N) is 2. The second-order valence-corrected chi connectivity index (χ2v) is 8.28. The number of benzene rings is 1. The Balaban J connectivity index is 1.23. The highest BCUT2D eigenvalue weighted by Crippen LogP contribution is 2.24. The number of amides is 2. The van der Waals surface area contributed by atoms with Gasteiger partial charge in [-0.25, -0.2) is 9.78 Å². The molecule has 0 unspecified atom stereocenters. The Morgan fingerprint density at radius 2 is 1.70 bits per heavy atom. The van der Waals surface area contributed by atoms with Crippen molar-refractivity contribution in [3.05, 3.63) is 53.7 Å². The number of rotatable bonds is 7. The Hall–Kier alpha value is -2.76. The standard InChI is InChI=1S/C24H32N4O2/c29-24(27-18-20-11-12-25-23(16-20)28-13-4-5-14-28)26-17-19-7-6-10-22(15-19)30-21-8-2-1-3-9-21/h6-7,10-12,15-16,21H,1-5,8-9,13-14,17-18H2,(H2,26,27,29). The molecular formula is C24H32N4O2. The number of carbonyl (C=O) groups is 1. The summed E-state index contributed by atoms with van der Waals surface area (Å²) in [5.41, 5.74) is 2.10. The molecule has 30 heavy (non-hydrogen) atoms. The van der Waals surface area contributed by atoms with Gasteiger partial charge in [0.2, 0.25) is 0 Å². The fraction of sp³-hybridized carbons (Fsp3) is 0.500. The molecule has 2 amide bonds. The third kappa shape index (κ3) is 5.88. The second-order valence-electron chi connectivity index (χ2n) is 8.28. The summed E-state index contributed by atoms with van der Waals surface area (Å²) in [6.45, 7) is 3.09. The van der Waals surface area contributed by atoms with Crippen molar-refractivity contribution in [3.63, 3.8) is 0 Å². The zero-order valence-corrected chi connectivity index (χ0v) is 17.6. The van der Waals surface area contributed by atoms with Crippen LogP contribution in [0.4, 0.5) is 10.6 Å². The van der Waals surface area contributed by atoms with Crippen molar-refractivity contribution in [1.29, 1.82) is 0 Å². The minimum atomic E-state index is -0.173. The van der Waals surface area contributed by atoms with Gasteiger partial charge < -0.3 is 20.3 Å². The number of aromatic nitrogens is 1. The summed E-state index contributed by atoms with van der Waals surface area (Å²) in [6, 6.07) is 11.9. The molecular weight excluding hydrogens is 376 g/mol. The summed E-state index contributed by atoms with van der Waals surface area (Å²) >= 11 is 0. The number of urea groups is 1. The Morgan fingerprint density at radius 3 is 2.47 bits per heavy atom. The van der Waals surface area contributed by atoms with Crippen LogP contribution in [-0.4, -0.2) is 30.2 Å². The van der Waals surface area contributed by atoms with Crippen LogP contribution in [0.1, 0.15) is 56.1 Å². The lowest BCUT2D eigenvalue weighted by Gasteiger charge is -2.23. The molecule has 1 aliphatic heterocycles. The van der Waals surface area contributed by atoms with Crippen molar-refractivity contribution in [2.45, 2.75) is 64.1 Å². The maximum atomic E-state index is 12.3. The maximum Gasteiger partial charge on any atom is 0.315 e. The molecule has 0 bridgehead atoms. The molecule has 2 N–H and O–H groups in total. The highest BCUT2D eigenvalue weighted by molar-refractivity contribution is 5.73. The van der Waals surface area contributed by atoms with Crippen LogP contribution in [0.2, 0.25) is 0 Å². The van der Waals surface area contributed by atoms with E-state index >= 15 is 0 Å². The van der Waals surface area contributed by atoms with E-state index in [0.29, 0.717) is 19.2 Å². The topological polar surface area (TPSA) is 66.5 Å². The average molecular weight is 409 g/mol. The Kier molecular flexibility index (Phi) is 7.06. The van der Waals surface area contributed by atoms with Crippen LogP contribution in [0.15, 0.2) is 42.6 Å². The number of hydrogen-bond donors (Lipinski definition) is 2. The van der Waals surface area contributed by atoms with Crippen molar-refractivity contribution >= 4 is 11.8 Å². The first-order valence-corrected chi connectivity index (χ1v) is 11.2. The molecule has 1 aromatic heterocycles. The Bertz CT molecular complexity index is 829. The van der Waals surface area contributed by atoms with E-state index in [4.69, 9.17) is 4.74 Å². The van der Waals surface area contributed by atoms with Gasteiger partial charge in [0.25, 0.3) is 0 Å². The molecule has 0 radical (unpaired) electrons. The van der Waals surface area contributed by atoms with Gasteiger partial charge in [0.15, 0.2) is 0 Å². The highest BCUT2D eigenvalue weighted by Gasteiger charge is 2.15. The van der Waals surface area contributed by atoms with E-state index in [9.17, 15) is 4.79 Å². The van der Waals surface area contributed by atoms with Gasteiger partial charge in [-0.2, -0.15) is 0 Å². The van der Waals surface area contributed by atoms with Gasteiger partial charge in [-0.15, -0.1) is 0 Å². The van der Waals surface area contributed by atoms with Crippen molar-refractivity contribution in [2.24, 2.45) is 0 Å². The highest BCUT2D eigenvalue weighted by atomic mass is 16.5. The predicted molar refractivity (Wildman–Crippen MR) is 119 cm³/mol. The molecule has 0 spiro atoms. The molecule has 2 heterocycles. The summed E-state index contributed by atoms with van der Waals surface area (Å²) in [7, 11) is 0. The summed E-state index contributed by atoms with van der Waals surface area (Å²) in [6.07, 6.45) is 10.7. The van der Waals surface area contributed by atoms with Crippen molar-refractivity contribution in [1.82, 2.24) is 15.6 Å². The lowest BCUT2D eigenvalue weighted by molar-refractivity contribution is 0.155. The smallest absolute Gasteiger partial charge is 0.315 e. The first-order chi connectivity index (χ1) is 14.8. The quantitative estimate of drug-likeness (QED) is 0.713. The van der Waals surface area contributed by atoms with Crippen molar-refractivity contribution < 1.29 is 9.53 Å². The summed E-state index contributed by atoms with van der Waals surface area (Å²) in [4.78, 5) is 19.0. The normalized spacial score (nSPS) is 17.0. The predicted octanol–water partition coefficient (Wildman–Crippen LogP) is 4.39. The zero-order chi connectivity index (χ0) is 20.6. The van der Waals surface area contributed by atoms with E-state index in [1.807, 2.05) is 36.5 Å². The molecule has 1 aromatic carbocycles. The number of pyridine rings is 1. The lowest BCUT2D eigenvalue weighted by atomic mass is 9.98. The summed E-state index contributed by atoms with van der Waals surface area (Å²) in [5.74, 6) is 1.90. The summed E-state index contributed by atoms with van der Waals surface area (Å²) in [5, 5.41) is 5.88. The minimum absolute atomic E-state index is 0.173. The van der Waals surface area contributed by atoms with Crippen LogP contribution in [-0.2, 0) is 13.1 Å². The largest absolute Gasteiger partial charge is 0.490 e. The first kappa shape index (κ1) is 20.5. The fourth-order valence-electron chi connectivity index (χ4n) is 4.22. The molecule has 2 aliphatic rings. The van der Waals surface area contributed by atoms with Crippen LogP contribution >= 0.6 is 0 Å². The first-order valence-electron chi connectivity index (χ1n) is 11.2. The van der Waals surface area contributed by atoms with Gasteiger partial charge in [-0.05, 0) is 73.9 Å². The van der Waals surface area contributed by atoms with Gasteiger partial charge in [0.05, 0.1) is 6.10 Å². The number of carbonyl (C=O) groups excluding carboxylic acids is 1. The number of nitrogens with one attached hydrogen (secondary N) is 2. The maximum absolute atomic E-state index is 12.3. The van der Waals surface area contributed by atoms with E-state index in [1.54, 1.807) is 0 Å². The van der Waals surface area contributed by atoms with Crippen molar-refractivity contribution in [3.8, 4) is 5.75 Å². The average Bonchev–Trinajstić information content (AvgIpc) is 3.33. The van der Waals surface area contributed by atoms with Crippen LogP contribution in [0.25, 0.3) is 0 Å². The fourth-order valence-corrected chi connectivity index (χ4v) is 4.22. The van der Waals surface area contributed by atoms with E-state index in [-0.39, 0.29) is 6.03 Å². The van der Waals surface area contributed by atoms with Gasteiger partial charge in [-0.1, -0.05) is 18.6 Å². The lowest BCUT2D eigenvalue weighted by Crippen LogP contribution is -2.34. The molecule has 6 nitrogen and oxygen atoms in total. The second kappa shape index (κ2) is 10.3. The zero-order valence-electron chi connectivity index (χ0n) is 17.6. The molecule has 1 saturated heterocycles. The number of hydrogen-bond acceptors (Lipinski definition) is 4. The summed E-state index contributed by atoms with van der Waals surface area (Å²) < 4.78 is 6.12. The molecule has 160 valence electrons.